The van der Waals surface area contributed by atoms with Crippen LogP contribution in [0.4, 0.5) is 0 Å². The largest absolute Gasteiger partial charge is 0.494 e. The van der Waals surface area contributed by atoms with Gasteiger partial charge < -0.3 is 15.4 Å². The minimum Gasteiger partial charge on any atom is -0.494 e. The van der Waals surface area contributed by atoms with E-state index in [0.29, 0.717) is 0 Å². The molecule has 0 unspecified atom stereocenters. The average Bonchev–Trinajstić information content (AvgIpc) is 2.42. The SMILES string of the molecule is O=C1N=C(S)NC(=O)\C1=C/C=C/C=C/c1c(O)[nH]c(S)nc1=O. The van der Waals surface area contributed by atoms with E-state index < -0.39 is 17.4 Å². The van der Waals surface area contributed by atoms with Gasteiger partial charge in [0, 0.05) is 0 Å². The molecule has 0 aromatic carbocycles. The molecule has 1 aromatic rings. The van der Waals surface area contributed by atoms with Crippen molar-refractivity contribution >= 4 is 48.3 Å². The first-order valence-corrected chi connectivity index (χ1v) is 6.98. The third kappa shape index (κ3) is 4.20. The van der Waals surface area contributed by atoms with Crippen LogP contribution in [0.5, 0.6) is 5.88 Å². The molecule has 2 heterocycles. The molecule has 0 bridgehead atoms. The van der Waals surface area contributed by atoms with Crippen LogP contribution in [0.15, 0.2) is 44.8 Å². The molecule has 1 aliphatic heterocycles. The molecule has 2 amide bonds. The van der Waals surface area contributed by atoms with Crippen molar-refractivity contribution in [3.8, 4) is 5.88 Å². The van der Waals surface area contributed by atoms with Crippen LogP contribution in [0.3, 0.4) is 0 Å². The summed E-state index contributed by atoms with van der Waals surface area (Å²) in [6, 6.07) is 0. The van der Waals surface area contributed by atoms with Crippen molar-refractivity contribution in [1.82, 2.24) is 15.3 Å². The molecule has 23 heavy (non-hydrogen) atoms. The van der Waals surface area contributed by atoms with Crippen LogP contribution in [0, 0.1) is 0 Å². The third-order valence-electron chi connectivity index (χ3n) is 2.58. The number of aromatic amines is 1. The summed E-state index contributed by atoms with van der Waals surface area (Å²) in [4.78, 5) is 44.0. The lowest BCUT2D eigenvalue weighted by Crippen LogP contribution is -2.36. The highest BCUT2D eigenvalue weighted by Crippen LogP contribution is 2.11. The van der Waals surface area contributed by atoms with Crippen LogP contribution < -0.4 is 10.9 Å². The average molecular weight is 350 g/mol. The number of nitrogens with zero attached hydrogens (tertiary/aromatic N) is 2. The first-order chi connectivity index (χ1) is 10.9. The monoisotopic (exact) mass is 350 g/mol. The minimum absolute atomic E-state index is 0.00383. The number of aromatic hydroxyl groups is 1. The molecule has 3 N–H and O–H groups in total. The Morgan fingerprint density at radius 1 is 1.09 bits per heavy atom. The van der Waals surface area contributed by atoms with Crippen molar-refractivity contribution < 1.29 is 14.7 Å². The maximum absolute atomic E-state index is 11.5. The number of aliphatic imine (C=N–C) groups is 1. The van der Waals surface area contributed by atoms with Gasteiger partial charge in [-0.15, -0.1) is 25.3 Å². The predicted octanol–water partition coefficient (Wildman–Crippen LogP) is 0.202. The first-order valence-electron chi connectivity index (χ1n) is 6.09. The Kier molecular flexibility index (Phi) is 5.19. The maximum atomic E-state index is 11.5. The second-order valence-electron chi connectivity index (χ2n) is 4.15. The highest BCUT2D eigenvalue weighted by Gasteiger charge is 2.22. The number of amidine groups is 1. The number of allylic oxidation sites excluding steroid dienone is 4. The van der Waals surface area contributed by atoms with Crippen LogP contribution in [0.1, 0.15) is 5.56 Å². The number of carbonyl (C=O) groups is 2. The molecule has 118 valence electrons. The van der Waals surface area contributed by atoms with E-state index >= 15 is 0 Å². The van der Waals surface area contributed by atoms with E-state index in [2.05, 4.69) is 45.5 Å². The van der Waals surface area contributed by atoms with Gasteiger partial charge in [0.2, 0.25) is 5.88 Å². The van der Waals surface area contributed by atoms with Gasteiger partial charge in [0.15, 0.2) is 10.3 Å². The van der Waals surface area contributed by atoms with Crippen LogP contribution in [-0.2, 0) is 9.59 Å². The molecule has 8 nitrogen and oxygen atoms in total. The Morgan fingerprint density at radius 3 is 2.48 bits per heavy atom. The lowest BCUT2D eigenvalue weighted by Gasteiger charge is -2.09. The van der Waals surface area contributed by atoms with Crippen LogP contribution in [0.25, 0.3) is 6.08 Å². The van der Waals surface area contributed by atoms with Crippen LogP contribution in [-0.4, -0.2) is 32.1 Å². The molecule has 1 aromatic heterocycles. The molecule has 0 atom stereocenters. The number of hydrogen-bond donors (Lipinski definition) is 5. The van der Waals surface area contributed by atoms with Crippen molar-refractivity contribution in [2.45, 2.75) is 5.16 Å². The summed E-state index contributed by atoms with van der Waals surface area (Å²) in [5.74, 6) is -1.67. The minimum atomic E-state index is -0.699. The fourth-order valence-electron chi connectivity index (χ4n) is 1.57. The quantitative estimate of drug-likeness (QED) is 0.175. The van der Waals surface area contributed by atoms with Crippen LogP contribution in [0.2, 0.25) is 0 Å². The lowest BCUT2D eigenvalue weighted by molar-refractivity contribution is -0.121. The van der Waals surface area contributed by atoms with Crippen molar-refractivity contribution in [3.05, 3.63) is 45.8 Å². The molecule has 0 saturated heterocycles. The molecule has 0 fully saturated rings. The summed E-state index contributed by atoms with van der Waals surface area (Å²) >= 11 is 7.60. The van der Waals surface area contributed by atoms with Crippen molar-refractivity contribution in [3.63, 3.8) is 0 Å². The second kappa shape index (κ2) is 7.11. The highest BCUT2D eigenvalue weighted by molar-refractivity contribution is 7.97. The van der Waals surface area contributed by atoms with Gasteiger partial charge in [-0.05, 0) is 12.2 Å². The zero-order valence-electron chi connectivity index (χ0n) is 11.3. The van der Waals surface area contributed by atoms with E-state index in [1.807, 2.05) is 0 Å². The molecule has 0 aliphatic carbocycles. The van der Waals surface area contributed by atoms with Gasteiger partial charge in [0.25, 0.3) is 17.4 Å². The first kappa shape index (κ1) is 16.8. The molecular formula is C13H10N4O4S2. The van der Waals surface area contributed by atoms with Gasteiger partial charge in [-0.25, -0.2) is 0 Å². The Labute approximate surface area is 140 Å². The third-order valence-corrected chi connectivity index (χ3v) is 3.00. The molecule has 0 saturated carbocycles. The number of amides is 2. The molecular weight excluding hydrogens is 340 g/mol. The zero-order valence-corrected chi connectivity index (χ0v) is 13.1. The van der Waals surface area contributed by atoms with Gasteiger partial charge in [-0.1, -0.05) is 18.2 Å². The number of nitrogens with one attached hydrogen (secondary N) is 2. The van der Waals surface area contributed by atoms with E-state index in [0.717, 1.165) is 0 Å². The number of thiol groups is 2. The summed E-state index contributed by atoms with van der Waals surface area (Å²) in [5, 5.41) is 11.8. The number of aromatic nitrogens is 2. The highest BCUT2D eigenvalue weighted by atomic mass is 32.1. The lowest BCUT2D eigenvalue weighted by atomic mass is 10.2. The normalized spacial score (nSPS) is 17.1. The summed E-state index contributed by atoms with van der Waals surface area (Å²) in [6.07, 6.45) is 6.88. The molecule has 0 spiro atoms. The fraction of sp³-hybridized carbons (Fsp3) is 0. The van der Waals surface area contributed by atoms with E-state index in [1.54, 1.807) is 0 Å². The Bertz CT molecular complexity index is 852. The van der Waals surface area contributed by atoms with Gasteiger partial charge in [-0.3, -0.25) is 14.4 Å². The van der Waals surface area contributed by atoms with E-state index in [9.17, 15) is 19.5 Å². The van der Waals surface area contributed by atoms with Crippen LogP contribution >= 0.6 is 25.3 Å². The summed E-state index contributed by atoms with van der Waals surface area (Å²) in [7, 11) is 0. The van der Waals surface area contributed by atoms with Gasteiger partial charge in [-0.2, -0.15) is 9.98 Å². The Balaban J connectivity index is 2.14. The zero-order chi connectivity index (χ0) is 17.0. The number of H-pyrrole nitrogens is 1. The van der Waals surface area contributed by atoms with Gasteiger partial charge in [0.05, 0.1) is 0 Å². The molecule has 1 aliphatic rings. The summed E-state index contributed by atoms with van der Waals surface area (Å²) in [6.45, 7) is 0. The van der Waals surface area contributed by atoms with Gasteiger partial charge in [0.1, 0.15) is 11.1 Å². The fourth-order valence-corrected chi connectivity index (χ4v) is 1.96. The predicted molar refractivity (Wildman–Crippen MR) is 89.6 cm³/mol. The van der Waals surface area contributed by atoms with Crippen molar-refractivity contribution in [2.24, 2.45) is 4.99 Å². The Hall–Kier alpha value is -2.59. The van der Waals surface area contributed by atoms with E-state index in [4.69, 9.17) is 0 Å². The summed E-state index contributed by atoms with van der Waals surface area (Å²) < 4.78 is 0. The molecule has 10 heteroatoms. The smallest absolute Gasteiger partial charge is 0.284 e. The maximum Gasteiger partial charge on any atom is 0.284 e. The number of hydrogen-bond acceptors (Lipinski definition) is 6. The molecule has 2 rings (SSSR count). The number of carbonyl (C=O) groups excluding carboxylic acids is 2. The van der Waals surface area contributed by atoms with E-state index in [-0.39, 0.29) is 27.3 Å². The molecule has 0 radical (unpaired) electrons. The Morgan fingerprint density at radius 2 is 1.83 bits per heavy atom. The summed E-state index contributed by atoms with van der Waals surface area (Å²) in [5.41, 5.74) is -0.836. The van der Waals surface area contributed by atoms with Crippen molar-refractivity contribution in [2.75, 3.05) is 0 Å². The van der Waals surface area contributed by atoms with Gasteiger partial charge >= 0.3 is 0 Å². The van der Waals surface area contributed by atoms with E-state index in [1.165, 1.54) is 30.4 Å². The second-order valence-corrected chi connectivity index (χ2v) is 4.99. The topological polar surface area (TPSA) is 125 Å². The van der Waals surface area contributed by atoms with Crippen molar-refractivity contribution in [1.29, 1.82) is 0 Å². The number of rotatable bonds is 3. The standard InChI is InChI=1S/C13H10N4O4S2/c18-8-6(9(19)15-12(22)14-8)4-2-1-3-5-7-10(20)16-13(23)17-11(7)21/h1-5H,(H2,14,15,18,19,22)(H3,16,17,20,21,23)/b2-1+,5-3+.